The lowest BCUT2D eigenvalue weighted by molar-refractivity contribution is -0.147. The zero-order chi connectivity index (χ0) is 26.8. The molecule has 1 fully saturated rings. The van der Waals surface area contributed by atoms with Gasteiger partial charge in [0.05, 0.1) is 5.56 Å². The third-order valence-electron chi connectivity index (χ3n) is 7.68. The lowest BCUT2D eigenvalue weighted by Gasteiger charge is -2.46. The summed E-state index contributed by atoms with van der Waals surface area (Å²) in [5.41, 5.74) is 5.18. The van der Waals surface area contributed by atoms with Gasteiger partial charge in [-0.15, -0.1) is 0 Å². The zero-order valence-corrected chi connectivity index (χ0v) is 20.5. The molecule has 2 aromatic carbocycles. The third kappa shape index (κ3) is 3.65. The molecule has 0 saturated heterocycles. The highest BCUT2D eigenvalue weighted by molar-refractivity contribution is 6.22. The molecule has 3 unspecified atom stereocenters. The minimum Gasteiger partial charge on any atom is -0.508 e. The molecule has 1 saturated carbocycles. The van der Waals surface area contributed by atoms with Crippen LogP contribution in [-0.4, -0.2) is 62.5 Å². The molecule has 2 aromatic rings. The monoisotopic (exact) mass is 504 g/mol. The van der Waals surface area contributed by atoms with E-state index in [0.29, 0.717) is 5.56 Å². The summed E-state index contributed by atoms with van der Waals surface area (Å²) in [6.07, 6.45) is 0.0101. The van der Waals surface area contributed by atoms with Crippen LogP contribution in [0.2, 0.25) is 0 Å². The number of aromatic hydroxyl groups is 1. The van der Waals surface area contributed by atoms with Crippen LogP contribution in [0.3, 0.4) is 0 Å². The Bertz CT molecular complexity index is 1440. The van der Waals surface area contributed by atoms with Crippen molar-refractivity contribution >= 4 is 23.2 Å². The lowest BCUT2D eigenvalue weighted by Crippen LogP contribution is -2.58. The molecule has 5 rings (SSSR count). The van der Waals surface area contributed by atoms with E-state index in [-0.39, 0.29) is 36.1 Å². The van der Waals surface area contributed by atoms with E-state index in [1.54, 1.807) is 6.07 Å². The summed E-state index contributed by atoms with van der Waals surface area (Å²) in [5, 5.41) is 44.0. The van der Waals surface area contributed by atoms with Crippen molar-refractivity contribution in [2.75, 3.05) is 14.1 Å². The van der Waals surface area contributed by atoms with Crippen LogP contribution in [0.4, 0.5) is 0 Å². The molecule has 1 amide bonds. The van der Waals surface area contributed by atoms with Crippen LogP contribution in [0, 0.1) is 11.8 Å². The number of aliphatic hydroxyl groups excluding tert-OH is 2. The van der Waals surface area contributed by atoms with Crippen LogP contribution < -0.4 is 5.73 Å². The predicted octanol–water partition coefficient (Wildman–Crippen LogP) is 2.15. The number of amides is 1. The van der Waals surface area contributed by atoms with Crippen LogP contribution >= 0.6 is 0 Å². The van der Waals surface area contributed by atoms with Gasteiger partial charge in [0.15, 0.2) is 11.4 Å². The number of hydrogen-bond donors (Lipinski definition) is 5. The number of carbonyl (C=O) groups excluding carboxylic acids is 3. The van der Waals surface area contributed by atoms with E-state index in [9.17, 15) is 34.8 Å². The molecule has 9 heteroatoms. The maximum absolute atomic E-state index is 13.6. The summed E-state index contributed by atoms with van der Waals surface area (Å²) in [7, 11) is 3.94. The van der Waals surface area contributed by atoms with Crippen molar-refractivity contribution in [3.05, 3.63) is 70.0 Å². The molecule has 0 spiro atoms. The van der Waals surface area contributed by atoms with Crippen LogP contribution in [0.15, 0.2) is 53.3 Å². The van der Waals surface area contributed by atoms with E-state index in [1.165, 1.54) is 6.07 Å². The number of phenolic OH excluding ortho intramolecular Hbond substituents is 1. The van der Waals surface area contributed by atoms with E-state index < -0.39 is 52.0 Å². The van der Waals surface area contributed by atoms with Gasteiger partial charge in [-0.25, -0.2) is 0 Å². The Morgan fingerprint density at radius 1 is 1.11 bits per heavy atom. The van der Waals surface area contributed by atoms with E-state index in [0.717, 1.165) is 23.2 Å². The molecule has 6 N–H and O–H groups in total. The van der Waals surface area contributed by atoms with Crippen LogP contribution in [-0.2, 0) is 27.3 Å². The number of hydrogen-bond acceptors (Lipinski definition) is 8. The molecule has 0 aromatic heterocycles. The number of aliphatic hydroxyl groups is 3. The van der Waals surface area contributed by atoms with E-state index in [4.69, 9.17) is 5.73 Å². The molecular weight excluding hydrogens is 476 g/mol. The first kappa shape index (κ1) is 24.7. The number of rotatable bonds is 4. The molecule has 3 aliphatic carbocycles. The zero-order valence-electron chi connectivity index (χ0n) is 20.5. The average molecular weight is 505 g/mol. The quantitative estimate of drug-likeness (QED) is 0.396. The van der Waals surface area contributed by atoms with Gasteiger partial charge in [-0.3, -0.25) is 14.4 Å². The number of benzene rings is 2. The highest BCUT2D eigenvalue weighted by Gasteiger charge is 2.60. The van der Waals surface area contributed by atoms with Crippen LogP contribution in [0.1, 0.15) is 29.5 Å². The first-order valence-electron chi connectivity index (χ1n) is 12.0. The number of phenols is 1. The van der Waals surface area contributed by atoms with Crippen LogP contribution in [0.5, 0.6) is 5.75 Å². The molecule has 192 valence electrons. The average Bonchev–Trinajstić information content (AvgIpc) is 2.81. The molecule has 0 heterocycles. The van der Waals surface area contributed by atoms with E-state index in [1.807, 2.05) is 43.3 Å². The van der Waals surface area contributed by atoms with Gasteiger partial charge < -0.3 is 31.1 Å². The van der Waals surface area contributed by atoms with Crippen molar-refractivity contribution in [3.8, 4) is 16.9 Å². The summed E-state index contributed by atoms with van der Waals surface area (Å²) < 4.78 is 0. The SMILES string of the molecule is CN(C)Cc1cccc(-c2ccc(O)c3c2CC2CC4CC(=O)C(C(N)=O)=C(O)C4(O)C(=O)C2=C3O)c1. The van der Waals surface area contributed by atoms with Gasteiger partial charge in [0.25, 0.3) is 5.91 Å². The summed E-state index contributed by atoms with van der Waals surface area (Å²) in [4.78, 5) is 40.0. The molecule has 3 atom stereocenters. The summed E-state index contributed by atoms with van der Waals surface area (Å²) in [6.45, 7) is 0.721. The number of fused-ring (bicyclic) bond motifs is 3. The fraction of sp³-hybridized carbons (Fsp3) is 0.321. The van der Waals surface area contributed by atoms with Crippen molar-refractivity contribution in [2.24, 2.45) is 17.6 Å². The summed E-state index contributed by atoms with van der Waals surface area (Å²) in [6, 6.07) is 11.1. The van der Waals surface area contributed by atoms with Gasteiger partial charge >= 0.3 is 0 Å². The molecule has 0 bridgehead atoms. The van der Waals surface area contributed by atoms with Crippen molar-refractivity contribution in [1.29, 1.82) is 0 Å². The van der Waals surface area contributed by atoms with E-state index in [2.05, 4.69) is 0 Å². The Morgan fingerprint density at radius 3 is 2.51 bits per heavy atom. The second-order valence-corrected chi connectivity index (χ2v) is 10.3. The fourth-order valence-corrected chi connectivity index (χ4v) is 6.09. The number of ketones is 2. The topological polar surface area (TPSA) is 161 Å². The predicted molar refractivity (Wildman–Crippen MR) is 134 cm³/mol. The molecule has 37 heavy (non-hydrogen) atoms. The number of nitrogens with zero attached hydrogens (tertiary/aromatic N) is 1. The maximum Gasteiger partial charge on any atom is 0.255 e. The summed E-state index contributed by atoms with van der Waals surface area (Å²) >= 11 is 0. The first-order valence-corrected chi connectivity index (χ1v) is 12.0. The highest BCUT2D eigenvalue weighted by atomic mass is 16.3. The van der Waals surface area contributed by atoms with Gasteiger partial charge in [-0.05, 0) is 67.2 Å². The van der Waals surface area contributed by atoms with Crippen molar-refractivity contribution in [1.82, 2.24) is 4.90 Å². The second kappa shape index (κ2) is 8.57. The highest BCUT2D eigenvalue weighted by Crippen LogP contribution is 2.53. The minimum atomic E-state index is -2.57. The number of Topliss-reactive ketones (excluding diaryl/α,β-unsaturated/α-hetero) is 2. The normalized spacial score (nSPS) is 25.2. The molecule has 9 nitrogen and oxygen atoms in total. The first-order chi connectivity index (χ1) is 17.4. The van der Waals surface area contributed by atoms with Gasteiger partial charge in [0.1, 0.15) is 22.8 Å². The Labute approximate surface area is 213 Å². The second-order valence-electron chi connectivity index (χ2n) is 10.3. The molecular formula is C28H28N2O7. The van der Waals surface area contributed by atoms with Crippen LogP contribution in [0.25, 0.3) is 16.9 Å². The maximum atomic E-state index is 13.6. The van der Waals surface area contributed by atoms with Gasteiger partial charge in [0, 0.05) is 24.5 Å². The Hall–Kier alpha value is -3.95. The standard InChI is InChI=1S/C28H28N2O7/c1-30(2)12-13-4-3-5-14(8-13)17-6-7-19(31)22-18(17)10-15-9-16-11-20(32)23(27(29)36)26(35)28(16,37)25(34)21(15)24(22)33/h3-8,15-16,31,33,35,37H,9-12H2,1-2H3,(H2,29,36). The number of nitrogens with two attached hydrogens (primary N) is 1. The Kier molecular flexibility index (Phi) is 5.73. The molecule has 0 radical (unpaired) electrons. The van der Waals surface area contributed by atoms with Gasteiger partial charge in [-0.1, -0.05) is 24.3 Å². The smallest absolute Gasteiger partial charge is 0.255 e. The number of primary amides is 1. The number of carbonyl (C=O) groups is 3. The summed E-state index contributed by atoms with van der Waals surface area (Å²) in [5.74, 6) is -6.35. The van der Waals surface area contributed by atoms with Crippen molar-refractivity contribution < 1.29 is 34.8 Å². The van der Waals surface area contributed by atoms with Crippen molar-refractivity contribution in [2.45, 2.75) is 31.4 Å². The van der Waals surface area contributed by atoms with E-state index >= 15 is 0 Å². The Balaban J connectivity index is 1.67. The largest absolute Gasteiger partial charge is 0.508 e. The third-order valence-corrected chi connectivity index (χ3v) is 7.68. The molecule has 0 aliphatic heterocycles. The molecule has 3 aliphatic rings. The van der Waals surface area contributed by atoms with Gasteiger partial charge in [-0.2, -0.15) is 0 Å². The van der Waals surface area contributed by atoms with Crippen molar-refractivity contribution in [3.63, 3.8) is 0 Å². The van der Waals surface area contributed by atoms with Gasteiger partial charge in [0.2, 0.25) is 5.78 Å². The fourth-order valence-electron chi connectivity index (χ4n) is 6.09. The lowest BCUT2D eigenvalue weighted by atomic mass is 9.59. The Morgan fingerprint density at radius 2 is 1.84 bits per heavy atom. The minimum absolute atomic E-state index is 0.0858.